The minimum atomic E-state index is -4.70. The van der Waals surface area contributed by atoms with Gasteiger partial charge in [0, 0.05) is 24.3 Å². The van der Waals surface area contributed by atoms with Crippen LogP contribution in [0.1, 0.15) is 5.69 Å². The van der Waals surface area contributed by atoms with E-state index >= 15 is 0 Å². The minimum Gasteiger partial charge on any atom is -0.454 e. The van der Waals surface area contributed by atoms with Crippen LogP contribution in [0.25, 0.3) is 0 Å². The average Bonchev–Trinajstić information content (AvgIpc) is 2.68. The first-order valence-electron chi connectivity index (χ1n) is 8.43. The number of hydrogen-bond acceptors (Lipinski definition) is 6. The predicted molar refractivity (Wildman–Crippen MR) is 101 cm³/mol. The largest absolute Gasteiger partial charge is 0.454 e. The highest BCUT2D eigenvalue weighted by Gasteiger charge is 2.29. The summed E-state index contributed by atoms with van der Waals surface area (Å²) < 4.78 is 83.2. The summed E-state index contributed by atoms with van der Waals surface area (Å²) >= 11 is 11.5. The Kier molecular flexibility index (Phi) is 8.69. The number of urea groups is 1. The molecule has 0 bridgehead atoms. The molecule has 0 aliphatic carbocycles. The summed E-state index contributed by atoms with van der Waals surface area (Å²) in [5.74, 6) is -0.319. The fraction of sp³-hybridized carbons (Fsp3) is 0.375. The maximum atomic E-state index is 12.4. The summed E-state index contributed by atoms with van der Waals surface area (Å²) in [4.78, 5) is 23.3. The number of carbonyl (C=O) groups is 1. The van der Waals surface area contributed by atoms with Gasteiger partial charge in [0.25, 0.3) is 0 Å². The number of pyridine rings is 1. The molecule has 0 aliphatic heterocycles. The molecule has 0 saturated heterocycles. The quantitative estimate of drug-likeness (QED) is 0.239. The molecule has 0 atom stereocenters. The standard InChI is InChI=1S/C16H13Cl2F6N5O3/c17-11-2-1-10(6-25-11)29(18)14(30)28-12-5-9(3-4-31-7-15(19,20)21)26-13(27-12)32-8-16(22,23)24/h1-2,5-6H,3-4,7-8H2,(H,26,27,28,30). The van der Waals surface area contributed by atoms with Crippen molar-refractivity contribution in [1.82, 2.24) is 15.0 Å². The molecule has 16 heteroatoms. The summed E-state index contributed by atoms with van der Waals surface area (Å²) in [5.41, 5.74) is 0.0564. The van der Waals surface area contributed by atoms with Crippen LogP contribution in [0.4, 0.5) is 42.6 Å². The molecule has 0 aliphatic rings. The summed E-state index contributed by atoms with van der Waals surface area (Å²) in [6, 6.07) is 2.09. The van der Waals surface area contributed by atoms with Gasteiger partial charge in [-0.15, -0.1) is 0 Å². The molecule has 2 heterocycles. The fourth-order valence-electron chi connectivity index (χ4n) is 2.00. The van der Waals surface area contributed by atoms with Gasteiger partial charge in [-0.25, -0.2) is 19.2 Å². The smallest absolute Gasteiger partial charge is 0.422 e. The van der Waals surface area contributed by atoms with Crippen LogP contribution < -0.4 is 14.5 Å². The van der Waals surface area contributed by atoms with Crippen LogP contribution >= 0.6 is 23.4 Å². The highest BCUT2D eigenvalue weighted by Crippen LogP contribution is 2.21. The lowest BCUT2D eigenvalue weighted by atomic mass is 10.3. The van der Waals surface area contributed by atoms with E-state index in [0.29, 0.717) is 4.42 Å². The number of ether oxygens (including phenoxy) is 2. The lowest BCUT2D eigenvalue weighted by Gasteiger charge is -2.15. The van der Waals surface area contributed by atoms with Gasteiger partial charge in [-0.2, -0.15) is 31.3 Å². The van der Waals surface area contributed by atoms with Gasteiger partial charge in [-0.3, -0.25) is 5.32 Å². The number of alkyl halides is 6. The maximum absolute atomic E-state index is 12.4. The molecule has 2 rings (SSSR count). The van der Waals surface area contributed by atoms with Crippen LogP contribution in [0.15, 0.2) is 24.4 Å². The van der Waals surface area contributed by atoms with E-state index < -0.39 is 44.2 Å². The van der Waals surface area contributed by atoms with E-state index in [1.165, 1.54) is 18.3 Å². The molecule has 0 unspecified atom stereocenters. The molecule has 0 fully saturated rings. The van der Waals surface area contributed by atoms with Crippen molar-refractivity contribution >= 4 is 40.9 Å². The van der Waals surface area contributed by atoms with Crippen molar-refractivity contribution in [3.05, 3.63) is 35.2 Å². The van der Waals surface area contributed by atoms with Gasteiger partial charge in [0.05, 0.1) is 24.2 Å². The van der Waals surface area contributed by atoms with E-state index in [2.05, 4.69) is 29.7 Å². The van der Waals surface area contributed by atoms with Crippen LogP contribution in [0.2, 0.25) is 5.15 Å². The number of aromatic nitrogens is 3. The molecule has 176 valence electrons. The Labute approximate surface area is 186 Å². The Balaban J connectivity index is 2.13. The first-order chi connectivity index (χ1) is 14.8. The van der Waals surface area contributed by atoms with Gasteiger partial charge < -0.3 is 9.47 Å². The van der Waals surface area contributed by atoms with E-state index in [4.69, 9.17) is 23.4 Å². The zero-order chi connectivity index (χ0) is 23.9. The number of halogens is 8. The Morgan fingerprint density at radius 2 is 1.78 bits per heavy atom. The molecule has 0 aromatic carbocycles. The average molecular weight is 508 g/mol. The lowest BCUT2D eigenvalue weighted by molar-refractivity contribution is -0.173. The number of nitrogens with one attached hydrogen (secondary N) is 1. The molecule has 1 N–H and O–H groups in total. The first kappa shape index (κ1) is 25.7. The Bertz CT molecular complexity index is 915. The number of amides is 2. The maximum Gasteiger partial charge on any atom is 0.422 e. The summed E-state index contributed by atoms with van der Waals surface area (Å²) in [6.07, 6.45) is -8.31. The molecule has 2 amide bonds. The van der Waals surface area contributed by atoms with Crippen molar-refractivity contribution < 1.29 is 40.6 Å². The monoisotopic (exact) mass is 507 g/mol. The van der Waals surface area contributed by atoms with Gasteiger partial charge in [-0.1, -0.05) is 11.6 Å². The van der Waals surface area contributed by atoms with Crippen LogP contribution in [-0.2, 0) is 11.2 Å². The van der Waals surface area contributed by atoms with Gasteiger partial charge in [0.15, 0.2) is 6.61 Å². The van der Waals surface area contributed by atoms with E-state index in [1.54, 1.807) is 0 Å². The third-order valence-corrected chi connectivity index (χ3v) is 3.82. The van der Waals surface area contributed by atoms with Crippen LogP contribution in [0.3, 0.4) is 0 Å². The molecule has 32 heavy (non-hydrogen) atoms. The molecule has 0 saturated carbocycles. The first-order valence-corrected chi connectivity index (χ1v) is 9.14. The van der Waals surface area contributed by atoms with Crippen LogP contribution in [0.5, 0.6) is 6.01 Å². The van der Waals surface area contributed by atoms with Crippen molar-refractivity contribution in [2.24, 2.45) is 0 Å². The zero-order valence-corrected chi connectivity index (χ0v) is 17.2. The summed E-state index contributed by atoms with van der Waals surface area (Å²) in [6.45, 7) is -3.71. The van der Waals surface area contributed by atoms with Crippen molar-refractivity contribution in [3.8, 4) is 6.01 Å². The van der Waals surface area contributed by atoms with Crippen LogP contribution in [-0.4, -0.2) is 53.2 Å². The van der Waals surface area contributed by atoms with E-state index in [1.807, 2.05) is 0 Å². The van der Waals surface area contributed by atoms with Gasteiger partial charge in [0.1, 0.15) is 17.6 Å². The summed E-state index contributed by atoms with van der Waals surface area (Å²) in [7, 11) is 0. The molecule has 2 aromatic heterocycles. The van der Waals surface area contributed by atoms with E-state index in [0.717, 1.165) is 6.07 Å². The Hall–Kier alpha value is -2.58. The number of rotatable bonds is 8. The minimum absolute atomic E-state index is 0.0519. The molecule has 2 aromatic rings. The second kappa shape index (κ2) is 10.8. The fourth-order valence-corrected chi connectivity index (χ4v) is 2.25. The van der Waals surface area contributed by atoms with Crippen molar-refractivity contribution in [2.75, 3.05) is 29.6 Å². The van der Waals surface area contributed by atoms with E-state index in [9.17, 15) is 31.1 Å². The SMILES string of the molecule is O=C(Nc1cc(CCOCC(F)(F)F)nc(OCC(F)(F)F)n1)N(Cl)c1ccc(Cl)nc1. The van der Waals surface area contributed by atoms with Gasteiger partial charge in [0.2, 0.25) is 0 Å². The highest BCUT2D eigenvalue weighted by atomic mass is 35.5. The molecule has 8 nitrogen and oxygen atoms in total. The second-order valence-electron chi connectivity index (χ2n) is 5.90. The topological polar surface area (TPSA) is 89.5 Å². The Morgan fingerprint density at radius 1 is 1.09 bits per heavy atom. The molecule has 0 spiro atoms. The number of hydrogen-bond donors (Lipinski definition) is 1. The number of anilines is 2. The normalized spacial score (nSPS) is 11.9. The molecular weight excluding hydrogens is 495 g/mol. The van der Waals surface area contributed by atoms with Crippen molar-refractivity contribution in [3.63, 3.8) is 0 Å². The lowest BCUT2D eigenvalue weighted by Crippen LogP contribution is -2.27. The van der Waals surface area contributed by atoms with Crippen LogP contribution in [0, 0.1) is 0 Å². The number of nitrogens with zero attached hydrogens (tertiary/aromatic N) is 4. The second-order valence-corrected chi connectivity index (χ2v) is 6.62. The molecular formula is C16H13Cl2F6N5O3. The summed E-state index contributed by atoms with van der Waals surface area (Å²) in [5, 5.41) is 2.35. The third kappa shape index (κ3) is 9.28. The molecule has 0 radical (unpaired) electrons. The van der Waals surface area contributed by atoms with Crippen molar-refractivity contribution in [2.45, 2.75) is 18.8 Å². The third-order valence-electron chi connectivity index (χ3n) is 3.24. The van der Waals surface area contributed by atoms with E-state index in [-0.39, 0.29) is 28.8 Å². The number of carbonyl (C=O) groups excluding carboxylic acids is 1. The zero-order valence-electron chi connectivity index (χ0n) is 15.7. The van der Waals surface area contributed by atoms with Crippen molar-refractivity contribution in [1.29, 1.82) is 0 Å². The van der Waals surface area contributed by atoms with Gasteiger partial charge in [-0.05, 0) is 12.1 Å². The predicted octanol–water partition coefficient (Wildman–Crippen LogP) is 4.78. The van der Waals surface area contributed by atoms with Gasteiger partial charge >= 0.3 is 24.4 Å². The highest BCUT2D eigenvalue weighted by molar-refractivity contribution is 6.38. The Morgan fingerprint density at radius 3 is 2.38 bits per heavy atom.